The number of halogens is 1. The van der Waals surface area contributed by atoms with Crippen molar-refractivity contribution in [2.75, 3.05) is 6.54 Å². The highest BCUT2D eigenvalue weighted by molar-refractivity contribution is 7.88. The summed E-state index contributed by atoms with van der Waals surface area (Å²) in [6, 6.07) is 13.8. The van der Waals surface area contributed by atoms with Crippen molar-refractivity contribution in [3.8, 4) is 0 Å². The molecule has 8 heteroatoms. The van der Waals surface area contributed by atoms with Crippen LogP contribution in [0.3, 0.4) is 0 Å². The van der Waals surface area contributed by atoms with Gasteiger partial charge in [-0.05, 0) is 38.0 Å². The highest BCUT2D eigenvalue weighted by Crippen LogP contribution is 2.10. The van der Waals surface area contributed by atoms with E-state index in [0.717, 1.165) is 11.1 Å². The molecule has 0 aliphatic rings. The van der Waals surface area contributed by atoms with E-state index in [2.05, 4.69) is 20.3 Å². The maximum atomic E-state index is 13.8. The molecule has 0 saturated carbocycles. The lowest BCUT2D eigenvalue weighted by Gasteiger charge is -2.12. The number of sulfonamides is 1. The van der Waals surface area contributed by atoms with E-state index in [1.807, 2.05) is 19.1 Å². The van der Waals surface area contributed by atoms with Crippen LogP contribution in [0.15, 0.2) is 53.5 Å². The number of hydrogen-bond donors (Lipinski definition) is 3. The first-order valence-electron chi connectivity index (χ1n) is 9.62. The molecule has 2 rings (SSSR count). The molecule has 0 atom stereocenters. The molecule has 0 saturated heterocycles. The fraction of sp³-hybridized carbons (Fsp3) is 0.381. The Hall–Kier alpha value is -2.45. The molecule has 3 N–H and O–H groups in total. The number of benzene rings is 2. The highest BCUT2D eigenvalue weighted by Gasteiger charge is 2.12. The van der Waals surface area contributed by atoms with Gasteiger partial charge >= 0.3 is 0 Å². The van der Waals surface area contributed by atoms with Crippen LogP contribution in [0.25, 0.3) is 0 Å². The zero-order valence-corrected chi connectivity index (χ0v) is 17.9. The Morgan fingerprint density at radius 2 is 1.69 bits per heavy atom. The van der Waals surface area contributed by atoms with E-state index in [1.54, 1.807) is 44.2 Å². The van der Waals surface area contributed by atoms with Gasteiger partial charge in [-0.1, -0.05) is 42.5 Å². The summed E-state index contributed by atoms with van der Waals surface area (Å²) in [6.07, 6.45) is 0. The third-order valence-corrected chi connectivity index (χ3v) is 5.51. The third-order valence-electron chi connectivity index (χ3n) is 3.96. The summed E-state index contributed by atoms with van der Waals surface area (Å²) in [5.41, 5.74) is 2.24. The second-order valence-electron chi connectivity index (χ2n) is 6.99. The Bertz CT molecular complexity index is 913. The van der Waals surface area contributed by atoms with Crippen LogP contribution >= 0.6 is 0 Å². The van der Waals surface area contributed by atoms with Gasteiger partial charge in [0.15, 0.2) is 5.96 Å². The molecule has 158 valence electrons. The molecule has 0 heterocycles. The van der Waals surface area contributed by atoms with Crippen molar-refractivity contribution in [2.24, 2.45) is 4.99 Å². The van der Waals surface area contributed by atoms with Crippen LogP contribution in [0.4, 0.5) is 4.39 Å². The van der Waals surface area contributed by atoms with E-state index in [4.69, 9.17) is 0 Å². The Kier molecular flexibility index (Phi) is 8.60. The van der Waals surface area contributed by atoms with Crippen LogP contribution in [-0.4, -0.2) is 27.0 Å². The molecule has 0 unspecified atom stereocenters. The first-order chi connectivity index (χ1) is 13.8. The maximum absolute atomic E-state index is 13.8. The van der Waals surface area contributed by atoms with Crippen LogP contribution in [0, 0.1) is 5.82 Å². The monoisotopic (exact) mass is 420 g/mol. The predicted octanol–water partition coefficient (Wildman–Crippen LogP) is 2.91. The number of guanidine groups is 1. The standard InChI is InChI=1S/C21H29FN4O2S/c1-4-23-21(25-14-19-7-5-6-8-20(19)22)24-13-17-9-11-18(12-10-17)15-29(27,28)26-16(2)3/h5-12,16,26H,4,13-15H2,1-3H3,(H2,23,24,25). The fourth-order valence-electron chi connectivity index (χ4n) is 2.69. The average molecular weight is 421 g/mol. The Morgan fingerprint density at radius 1 is 1.03 bits per heavy atom. The van der Waals surface area contributed by atoms with Crippen LogP contribution in [0.1, 0.15) is 37.5 Å². The van der Waals surface area contributed by atoms with Gasteiger partial charge in [0.2, 0.25) is 10.0 Å². The molecule has 0 aromatic heterocycles. The van der Waals surface area contributed by atoms with Gasteiger partial charge in [-0.25, -0.2) is 22.5 Å². The molecule has 0 fully saturated rings. The second-order valence-corrected chi connectivity index (χ2v) is 8.74. The van der Waals surface area contributed by atoms with Gasteiger partial charge in [0.05, 0.1) is 12.3 Å². The number of hydrogen-bond acceptors (Lipinski definition) is 3. The summed E-state index contributed by atoms with van der Waals surface area (Å²) < 4.78 is 40.4. The van der Waals surface area contributed by atoms with Gasteiger partial charge in [0, 0.05) is 24.7 Å². The zero-order valence-electron chi connectivity index (χ0n) is 17.1. The lowest BCUT2D eigenvalue weighted by atomic mass is 10.1. The van der Waals surface area contributed by atoms with Gasteiger partial charge in [-0.2, -0.15) is 0 Å². The first kappa shape index (κ1) is 22.8. The van der Waals surface area contributed by atoms with Crippen molar-refractivity contribution in [2.45, 2.75) is 45.7 Å². The molecule has 0 aliphatic carbocycles. The van der Waals surface area contributed by atoms with Crippen molar-refractivity contribution in [1.29, 1.82) is 0 Å². The minimum atomic E-state index is -3.35. The van der Waals surface area contributed by atoms with E-state index in [-0.39, 0.29) is 17.6 Å². The number of nitrogens with zero attached hydrogens (tertiary/aromatic N) is 1. The van der Waals surface area contributed by atoms with Gasteiger partial charge in [0.1, 0.15) is 5.82 Å². The Balaban J connectivity index is 1.97. The van der Waals surface area contributed by atoms with Crippen LogP contribution in [-0.2, 0) is 28.9 Å². The van der Waals surface area contributed by atoms with Gasteiger partial charge < -0.3 is 10.6 Å². The summed E-state index contributed by atoms with van der Waals surface area (Å²) in [5.74, 6) is 0.276. The van der Waals surface area contributed by atoms with Crippen molar-refractivity contribution < 1.29 is 12.8 Å². The lowest BCUT2D eigenvalue weighted by Crippen LogP contribution is -2.37. The van der Waals surface area contributed by atoms with E-state index in [0.29, 0.717) is 31.2 Å². The van der Waals surface area contributed by atoms with Gasteiger partial charge in [-0.3, -0.25) is 0 Å². The van der Waals surface area contributed by atoms with E-state index in [1.165, 1.54) is 6.07 Å². The van der Waals surface area contributed by atoms with Crippen LogP contribution in [0.5, 0.6) is 0 Å². The molecule has 0 bridgehead atoms. The summed E-state index contributed by atoms with van der Waals surface area (Å²) in [5, 5.41) is 6.25. The molecule has 0 amide bonds. The summed E-state index contributed by atoms with van der Waals surface area (Å²) in [4.78, 5) is 4.51. The smallest absolute Gasteiger partial charge is 0.216 e. The van der Waals surface area contributed by atoms with Crippen LogP contribution < -0.4 is 15.4 Å². The number of rotatable bonds is 9. The molecule has 2 aromatic carbocycles. The quantitative estimate of drug-likeness (QED) is 0.430. The zero-order chi connectivity index (χ0) is 21.3. The molecular weight excluding hydrogens is 391 g/mol. The number of nitrogens with one attached hydrogen (secondary N) is 3. The van der Waals surface area contributed by atoms with Gasteiger partial charge in [-0.15, -0.1) is 0 Å². The highest BCUT2D eigenvalue weighted by atomic mass is 32.2. The summed E-state index contributed by atoms with van der Waals surface area (Å²) in [7, 11) is -3.35. The third kappa shape index (κ3) is 8.21. The van der Waals surface area contributed by atoms with Crippen molar-refractivity contribution in [1.82, 2.24) is 15.4 Å². The minimum Gasteiger partial charge on any atom is -0.357 e. The number of aliphatic imine (C=N–C) groups is 1. The van der Waals surface area contributed by atoms with Crippen molar-refractivity contribution in [3.63, 3.8) is 0 Å². The maximum Gasteiger partial charge on any atom is 0.216 e. The van der Waals surface area contributed by atoms with Crippen LogP contribution in [0.2, 0.25) is 0 Å². The van der Waals surface area contributed by atoms with Crippen molar-refractivity contribution in [3.05, 3.63) is 71.0 Å². The molecule has 29 heavy (non-hydrogen) atoms. The fourth-order valence-corrected chi connectivity index (χ4v) is 4.13. The molecular formula is C21H29FN4O2S. The molecule has 0 spiro atoms. The van der Waals surface area contributed by atoms with E-state index < -0.39 is 10.0 Å². The van der Waals surface area contributed by atoms with Gasteiger partial charge in [0.25, 0.3) is 0 Å². The Labute approximate surface area is 172 Å². The molecule has 0 aliphatic heterocycles. The second kappa shape index (κ2) is 10.9. The minimum absolute atomic E-state index is 0.0540. The SMILES string of the molecule is CCNC(=NCc1ccc(CS(=O)(=O)NC(C)C)cc1)NCc1ccccc1F. The average Bonchev–Trinajstić information content (AvgIpc) is 2.65. The van der Waals surface area contributed by atoms with Crippen molar-refractivity contribution >= 4 is 16.0 Å². The van der Waals surface area contributed by atoms with E-state index >= 15 is 0 Å². The summed E-state index contributed by atoms with van der Waals surface area (Å²) in [6.45, 7) is 6.98. The first-order valence-corrected chi connectivity index (χ1v) is 11.3. The molecule has 6 nitrogen and oxygen atoms in total. The topological polar surface area (TPSA) is 82.6 Å². The largest absolute Gasteiger partial charge is 0.357 e. The Morgan fingerprint density at radius 3 is 2.31 bits per heavy atom. The lowest BCUT2D eigenvalue weighted by molar-refractivity contribution is 0.569. The van der Waals surface area contributed by atoms with E-state index in [9.17, 15) is 12.8 Å². The molecule has 2 aromatic rings. The predicted molar refractivity (Wildman–Crippen MR) is 115 cm³/mol. The summed E-state index contributed by atoms with van der Waals surface area (Å²) >= 11 is 0. The molecule has 0 radical (unpaired) electrons. The normalized spacial score (nSPS) is 12.2.